The van der Waals surface area contributed by atoms with E-state index in [-0.39, 0.29) is 11.4 Å². The lowest BCUT2D eigenvalue weighted by Gasteiger charge is -2.07. The van der Waals surface area contributed by atoms with Crippen molar-refractivity contribution < 1.29 is 4.39 Å². The normalized spacial score (nSPS) is 11.0. The molecule has 106 valence electrons. The second-order valence-electron chi connectivity index (χ2n) is 4.69. The van der Waals surface area contributed by atoms with Crippen LogP contribution in [0.2, 0.25) is 0 Å². The molecule has 1 aromatic heterocycles. The summed E-state index contributed by atoms with van der Waals surface area (Å²) in [5, 5.41) is 7.69. The average molecular weight is 348 g/mol. The predicted octanol–water partition coefficient (Wildman–Crippen LogP) is 3.00. The quantitative estimate of drug-likeness (QED) is 0.700. The summed E-state index contributed by atoms with van der Waals surface area (Å²) in [6.07, 6.45) is 0.468. The molecule has 0 bridgehead atoms. The first kappa shape index (κ1) is 13.8. The number of nitrogens with one attached hydrogen (secondary N) is 1. The van der Waals surface area contributed by atoms with Crippen molar-refractivity contribution in [1.29, 1.82) is 0 Å². The van der Waals surface area contributed by atoms with Crippen molar-refractivity contribution in [1.82, 2.24) is 10.2 Å². The number of aromatic amines is 1. The number of nitrogen functional groups attached to an aromatic ring is 1. The molecule has 0 amide bonds. The number of nitrogens with zero attached hydrogens (tertiary/aromatic N) is 1. The van der Waals surface area contributed by atoms with Crippen LogP contribution in [0, 0.1) is 5.82 Å². The highest BCUT2D eigenvalue weighted by molar-refractivity contribution is 9.10. The smallest absolute Gasteiger partial charge is 0.274 e. The van der Waals surface area contributed by atoms with Gasteiger partial charge in [0.2, 0.25) is 0 Å². The summed E-state index contributed by atoms with van der Waals surface area (Å²) in [5.74, 6) is -0.317. The number of hydrogen-bond donors (Lipinski definition) is 2. The van der Waals surface area contributed by atoms with Gasteiger partial charge in [-0.3, -0.25) is 4.79 Å². The Kier molecular flexibility index (Phi) is 3.47. The third-order valence-electron chi connectivity index (χ3n) is 3.28. The molecule has 0 saturated heterocycles. The third kappa shape index (κ3) is 2.54. The van der Waals surface area contributed by atoms with Crippen LogP contribution in [0.5, 0.6) is 0 Å². The summed E-state index contributed by atoms with van der Waals surface area (Å²) < 4.78 is 13.7. The fraction of sp³-hybridized carbons (Fsp3) is 0.0667. The van der Waals surface area contributed by atoms with Crippen LogP contribution >= 0.6 is 15.9 Å². The Morgan fingerprint density at radius 1 is 1.29 bits per heavy atom. The minimum atomic E-state index is -0.317. The maximum atomic E-state index is 13.3. The molecular formula is C15H11BrFN3O. The first-order valence-corrected chi connectivity index (χ1v) is 7.05. The molecule has 21 heavy (non-hydrogen) atoms. The van der Waals surface area contributed by atoms with E-state index in [1.807, 2.05) is 6.07 Å². The number of fused-ring (bicyclic) bond motifs is 1. The molecule has 0 unspecified atom stereocenters. The minimum absolute atomic E-state index is 0.313. The zero-order chi connectivity index (χ0) is 15.0. The van der Waals surface area contributed by atoms with Crippen LogP contribution in [-0.4, -0.2) is 10.2 Å². The van der Waals surface area contributed by atoms with Crippen LogP contribution in [0.4, 0.5) is 10.1 Å². The van der Waals surface area contributed by atoms with Gasteiger partial charge in [0.05, 0.1) is 15.6 Å². The molecule has 1 heterocycles. The van der Waals surface area contributed by atoms with E-state index in [4.69, 9.17) is 5.73 Å². The van der Waals surface area contributed by atoms with Crippen molar-refractivity contribution in [2.75, 3.05) is 5.73 Å². The van der Waals surface area contributed by atoms with E-state index in [1.54, 1.807) is 24.3 Å². The number of hydrogen-bond acceptors (Lipinski definition) is 3. The number of aromatic nitrogens is 2. The molecule has 0 aliphatic rings. The van der Waals surface area contributed by atoms with E-state index in [9.17, 15) is 9.18 Å². The van der Waals surface area contributed by atoms with Crippen LogP contribution < -0.4 is 11.3 Å². The van der Waals surface area contributed by atoms with Crippen molar-refractivity contribution in [3.63, 3.8) is 0 Å². The number of halogens is 2. The molecule has 3 N–H and O–H groups in total. The molecule has 0 radical (unpaired) electrons. The molecule has 6 heteroatoms. The number of H-pyrrole nitrogens is 1. The zero-order valence-electron chi connectivity index (χ0n) is 10.9. The van der Waals surface area contributed by atoms with Crippen LogP contribution in [0.15, 0.2) is 45.7 Å². The van der Waals surface area contributed by atoms with Crippen LogP contribution in [0.25, 0.3) is 10.8 Å². The van der Waals surface area contributed by atoms with Crippen molar-refractivity contribution in [3.8, 4) is 0 Å². The topological polar surface area (TPSA) is 71.8 Å². The van der Waals surface area contributed by atoms with Gasteiger partial charge in [-0.15, -0.1) is 0 Å². The molecule has 2 aromatic carbocycles. The second kappa shape index (κ2) is 5.29. The molecule has 0 atom stereocenters. The lowest BCUT2D eigenvalue weighted by Crippen LogP contribution is -2.13. The number of anilines is 1. The first-order chi connectivity index (χ1) is 10.1. The van der Waals surface area contributed by atoms with Crippen molar-refractivity contribution in [2.24, 2.45) is 0 Å². The molecule has 0 aliphatic heterocycles. The molecule has 3 rings (SSSR count). The Balaban J connectivity index is 2.13. The monoisotopic (exact) mass is 347 g/mol. The molecule has 0 fully saturated rings. The molecule has 0 spiro atoms. The standard InChI is InChI=1S/C15H11BrFN3O/c16-10-6-8(4-5-11(10)17)7-13-9-2-1-3-12(18)14(9)15(21)20-19-13/h1-6H,7,18H2,(H,20,21). The van der Waals surface area contributed by atoms with Gasteiger partial charge >= 0.3 is 0 Å². The van der Waals surface area contributed by atoms with E-state index in [2.05, 4.69) is 26.1 Å². The van der Waals surface area contributed by atoms with Gasteiger partial charge < -0.3 is 5.73 Å². The van der Waals surface area contributed by atoms with Gasteiger partial charge in [-0.2, -0.15) is 5.10 Å². The van der Waals surface area contributed by atoms with Crippen LogP contribution in [-0.2, 0) is 6.42 Å². The largest absolute Gasteiger partial charge is 0.398 e. The second-order valence-corrected chi connectivity index (χ2v) is 5.55. The fourth-order valence-corrected chi connectivity index (χ4v) is 2.70. The predicted molar refractivity (Wildman–Crippen MR) is 83.7 cm³/mol. The Bertz CT molecular complexity index is 892. The van der Waals surface area contributed by atoms with Gasteiger partial charge in [-0.1, -0.05) is 18.2 Å². The Morgan fingerprint density at radius 2 is 2.10 bits per heavy atom. The van der Waals surface area contributed by atoms with Gasteiger partial charge in [0.25, 0.3) is 5.56 Å². The average Bonchev–Trinajstić information content (AvgIpc) is 2.46. The summed E-state index contributed by atoms with van der Waals surface area (Å²) in [5.41, 5.74) is 7.53. The molecule has 4 nitrogen and oxygen atoms in total. The summed E-state index contributed by atoms with van der Waals surface area (Å²) in [6.45, 7) is 0. The summed E-state index contributed by atoms with van der Waals surface area (Å²) in [7, 11) is 0. The van der Waals surface area contributed by atoms with Crippen molar-refractivity contribution in [3.05, 3.63) is 68.3 Å². The van der Waals surface area contributed by atoms with E-state index < -0.39 is 0 Å². The number of benzene rings is 2. The maximum Gasteiger partial charge on any atom is 0.274 e. The zero-order valence-corrected chi connectivity index (χ0v) is 12.4. The fourth-order valence-electron chi connectivity index (χ4n) is 2.28. The van der Waals surface area contributed by atoms with Gasteiger partial charge in [-0.05, 0) is 39.7 Å². The molecule has 3 aromatic rings. The first-order valence-electron chi connectivity index (χ1n) is 6.26. The summed E-state index contributed by atoms with van der Waals surface area (Å²) >= 11 is 3.16. The van der Waals surface area contributed by atoms with E-state index in [0.717, 1.165) is 5.56 Å². The molecule has 0 aliphatic carbocycles. The number of nitrogens with two attached hydrogens (primary N) is 1. The lowest BCUT2D eigenvalue weighted by molar-refractivity contribution is 0.620. The van der Waals surface area contributed by atoms with Gasteiger partial charge in [-0.25, -0.2) is 9.49 Å². The third-order valence-corrected chi connectivity index (χ3v) is 3.89. The minimum Gasteiger partial charge on any atom is -0.398 e. The SMILES string of the molecule is Nc1cccc2c(Cc3ccc(F)c(Br)c3)n[nH]c(=O)c12. The Morgan fingerprint density at radius 3 is 2.86 bits per heavy atom. The number of rotatable bonds is 2. The van der Waals surface area contributed by atoms with Crippen molar-refractivity contribution >= 4 is 32.4 Å². The molecular weight excluding hydrogens is 337 g/mol. The Labute approximate surface area is 127 Å². The van der Waals surface area contributed by atoms with E-state index in [1.165, 1.54) is 6.07 Å². The van der Waals surface area contributed by atoms with Crippen LogP contribution in [0.3, 0.4) is 0 Å². The summed E-state index contributed by atoms with van der Waals surface area (Å²) in [6, 6.07) is 10.0. The van der Waals surface area contributed by atoms with Gasteiger partial charge in [0.15, 0.2) is 0 Å². The lowest BCUT2D eigenvalue weighted by atomic mass is 10.0. The Hall–Kier alpha value is -2.21. The highest BCUT2D eigenvalue weighted by Crippen LogP contribution is 2.23. The highest BCUT2D eigenvalue weighted by Gasteiger charge is 2.10. The molecule has 0 saturated carbocycles. The van der Waals surface area contributed by atoms with Crippen molar-refractivity contribution in [2.45, 2.75) is 6.42 Å². The highest BCUT2D eigenvalue weighted by atomic mass is 79.9. The van der Waals surface area contributed by atoms with Crippen LogP contribution in [0.1, 0.15) is 11.3 Å². The van der Waals surface area contributed by atoms with Gasteiger partial charge in [0, 0.05) is 17.5 Å². The van der Waals surface area contributed by atoms with Gasteiger partial charge in [0.1, 0.15) is 5.82 Å². The maximum absolute atomic E-state index is 13.3. The van der Waals surface area contributed by atoms with E-state index in [0.29, 0.717) is 33.0 Å². The van der Waals surface area contributed by atoms with E-state index >= 15 is 0 Å². The summed E-state index contributed by atoms with van der Waals surface area (Å²) in [4.78, 5) is 11.8.